The molecular formula is C15H30N2. The number of hydrogen-bond donors (Lipinski definition) is 1. The minimum absolute atomic E-state index is 0.633. The zero-order chi connectivity index (χ0) is 12.1. The summed E-state index contributed by atoms with van der Waals surface area (Å²) in [6, 6.07) is 0.759. The van der Waals surface area contributed by atoms with Crippen molar-refractivity contribution in [2.24, 2.45) is 5.41 Å². The van der Waals surface area contributed by atoms with Crippen LogP contribution >= 0.6 is 0 Å². The zero-order valence-corrected chi connectivity index (χ0v) is 11.8. The summed E-state index contributed by atoms with van der Waals surface area (Å²) >= 11 is 0. The Hall–Kier alpha value is -0.0800. The number of nitrogens with one attached hydrogen (secondary N) is 1. The highest BCUT2D eigenvalue weighted by atomic mass is 15.1. The molecule has 0 spiro atoms. The molecule has 1 saturated carbocycles. The van der Waals surface area contributed by atoms with Gasteiger partial charge in [0.1, 0.15) is 0 Å². The molecule has 0 radical (unpaired) electrons. The molecule has 0 aromatic heterocycles. The van der Waals surface area contributed by atoms with Crippen LogP contribution in [-0.2, 0) is 0 Å². The van der Waals surface area contributed by atoms with Gasteiger partial charge < -0.3 is 10.2 Å². The minimum atomic E-state index is 0.633. The van der Waals surface area contributed by atoms with Gasteiger partial charge in [-0.05, 0) is 57.2 Å². The molecule has 2 aliphatic rings. The van der Waals surface area contributed by atoms with Gasteiger partial charge in [-0.15, -0.1) is 0 Å². The summed E-state index contributed by atoms with van der Waals surface area (Å²) in [6.45, 7) is 9.99. The summed E-state index contributed by atoms with van der Waals surface area (Å²) in [5, 5.41) is 3.67. The van der Waals surface area contributed by atoms with E-state index in [4.69, 9.17) is 0 Å². The summed E-state index contributed by atoms with van der Waals surface area (Å²) in [6.07, 6.45) is 9.79. The van der Waals surface area contributed by atoms with Crippen LogP contribution in [0.5, 0.6) is 0 Å². The van der Waals surface area contributed by atoms with Gasteiger partial charge in [0.25, 0.3) is 0 Å². The van der Waals surface area contributed by atoms with E-state index in [2.05, 4.69) is 24.1 Å². The Morgan fingerprint density at radius 3 is 2.65 bits per heavy atom. The molecule has 0 bridgehead atoms. The first kappa shape index (κ1) is 13.4. The number of nitrogens with zero attached hydrogens (tertiary/aromatic N) is 1. The molecule has 100 valence electrons. The van der Waals surface area contributed by atoms with Crippen molar-refractivity contribution in [3.8, 4) is 0 Å². The monoisotopic (exact) mass is 238 g/mol. The fraction of sp³-hybridized carbons (Fsp3) is 1.00. The van der Waals surface area contributed by atoms with Gasteiger partial charge in [-0.3, -0.25) is 0 Å². The van der Waals surface area contributed by atoms with Crippen molar-refractivity contribution >= 4 is 0 Å². The summed E-state index contributed by atoms with van der Waals surface area (Å²) in [7, 11) is 0. The molecule has 0 aromatic carbocycles. The van der Waals surface area contributed by atoms with Crippen LogP contribution in [0.4, 0.5) is 0 Å². The van der Waals surface area contributed by atoms with E-state index in [1.165, 1.54) is 71.1 Å². The lowest BCUT2D eigenvalue weighted by Crippen LogP contribution is -2.42. The van der Waals surface area contributed by atoms with E-state index in [1.54, 1.807) is 0 Å². The van der Waals surface area contributed by atoms with Crippen molar-refractivity contribution in [3.05, 3.63) is 0 Å². The van der Waals surface area contributed by atoms with Crippen molar-refractivity contribution < 1.29 is 0 Å². The normalized spacial score (nSPS) is 31.1. The topological polar surface area (TPSA) is 15.3 Å². The predicted molar refractivity (Wildman–Crippen MR) is 74.3 cm³/mol. The third kappa shape index (κ3) is 3.96. The minimum Gasteiger partial charge on any atom is -0.314 e. The van der Waals surface area contributed by atoms with Crippen LogP contribution in [-0.4, -0.2) is 37.1 Å². The van der Waals surface area contributed by atoms with E-state index in [-0.39, 0.29) is 0 Å². The SMILES string of the molecule is CCC1CCN(CC2(C)CCCC2)CCCN1. The van der Waals surface area contributed by atoms with Gasteiger partial charge in [0.15, 0.2) is 0 Å². The van der Waals surface area contributed by atoms with Crippen LogP contribution in [0.25, 0.3) is 0 Å². The van der Waals surface area contributed by atoms with E-state index in [0.717, 1.165) is 6.04 Å². The number of hydrogen-bond acceptors (Lipinski definition) is 2. The first-order chi connectivity index (χ1) is 8.22. The molecule has 2 nitrogen and oxygen atoms in total. The zero-order valence-electron chi connectivity index (χ0n) is 11.8. The Bertz CT molecular complexity index is 221. The van der Waals surface area contributed by atoms with Gasteiger partial charge in [-0.25, -0.2) is 0 Å². The Morgan fingerprint density at radius 2 is 1.94 bits per heavy atom. The second-order valence-electron chi connectivity index (χ2n) is 6.50. The maximum atomic E-state index is 3.67. The van der Waals surface area contributed by atoms with Crippen LogP contribution in [0.1, 0.15) is 58.8 Å². The fourth-order valence-electron chi connectivity index (χ4n) is 3.59. The molecule has 1 N–H and O–H groups in total. The Kier molecular flexibility index (Phi) is 4.87. The lowest BCUT2D eigenvalue weighted by Gasteiger charge is -2.35. The second kappa shape index (κ2) is 6.19. The third-order valence-corrected chi connectivity index (χ3v) is 4.79. The van der Waals surface area contributed by atoms with Crippen LogP contribution in [0, 0.1) is 5.41 Å². The van der Waals surface area contributed by atoms with E-state index >= 15 is 0 Å². The molecule has 2 rings (SSSR count). The van der Waals surface area contributed by atoms with Crippen LogP contribution in [0.15, 0.2) is 0 Å². The van der Waals surface area contributed by atoms with E-state index < -0.39 is 0 Å². The fourth-order valence-corrected chi connectivity index (χ4v) is 3.59. The highest BCUT2D eigenvalue weighted by Gasteiger charge is 2.30. The van der Waals surface area contributed by atoms with Crippen molar-refractivity contribution in [1.82, 2.24) is 10.2 Å². The van der Waals surface area contributed by atoms with E-state index in [1.807, 2.05) is 0 Å². The molecule has 0 amide bonds. The van der Waals surface area contributed by atoms with Crippen molar-refractivity contribution in [2.45, 2.75) is 64.8 Å². The van der Waals surface area contributed by atoms with Gasteiger partial charge >= 0.3 is 0 Å². The lowest BCUT2D eigenvalue weighted by atomic mass is 9.88. The molecule has 2 fully saturated rings. The van der Waals surface area contributed by atoms with Crippen LogP contribution < -0.4 is 5.32 Å². The van der Waals surface area contributed by atoms with Gasteiger partial charge in [0.05, 0.1) is 0 Å². The first-order valence-corrected chi connectivity index (χ1v) is 7.68. The molecule has 17 heavy (non-hydrogen) atoms. The van der Waals surface area contributed by atoms with Gasteiger partial charge in [0.2, 0.25) is 0 Å². The largest absolute Gasteiger partial charge is 0.314 e. The van der Waals surface area contributed by atoms with E-state index in [0.29, 0.717) is 5.41 Å². The predicted octanol–water partition coefficient (Wildman–Crippen LogP) is 3.03. The molecule has 1 unspecified atom stereocenters. The maximum Gasteiger partial charge on any atom is 0.00766 e. The quantitative estimate of drug-likeness (QED) is 0.813. The molecule has 0 aromatic rings. The standard InChI is InChI=1S/C15H30N2/c1-3-14-7-12-17(11-6-10-16-14)13-15(2)8-4-5-9-15/h14,16H,3-13H2,1-2H3. The Morgan fingerprint density at radius 1 is 1.18 bits per heavy atom. The average Bonchev–Trinajstić information content (AvgIpc) is 2.70. The average molecular weight is 238 g/mol. The smallest absolute Gasteiger partial charge is 0.00766 e. The van der Waals surface area contributed by atoms with E-state index in [9.17, 15) is 0 Å². The Labute approximate surface area is 107 Å². The lowest BCUT2D eigenvalue weighted by molar-refractivity contribution is 0.150. The molecule has 2 heteroatoms. The van der Waals surface area contributed by atoms with Crippen LogP contribution in [0.3, 0.4) is 0 Å². The molecule has 1 heterocycles. The van der Waals surface area contributed by atoms with Gasteiger partial charge in [0, 0.05) is 12.6 Å². The van der Waals surface area contributed by atoms with Crippen molar-refractivity contribution in [1.29, 1.82) is 0 Å². The molecule has 1 aliphatic carbocycles. The summed E-state index contributed by atoms with van der Waals surface area (Å²) in [5.41, 5.74) is 0.633. The van der Waals surface area contributed by atoms with Gasteiger partial charge in [-0.1, -0.05) is 26.7 Å². The molecule has 1 saturated heterocycles. The number of rotatable bonds is 3. The molecule has 1 atom stereocenters. The first-order valence-electron chi connectivity index (χ1n) is 7.68. The maximum absolute atomic E-state index is 3.67. The summed E-state index contributed by atoms with van der Waals surface area (Å²) in [5.74, 6) is 0. The highest BCUT2D eigenvalue weighted by Crippen LogP contribution is 2.38. The van der Waals surface area contributed by atoms with Crippen molar-refractivity contribution in [3.63, 3.8) is 0 Å². The Balaban J connectivity index is 1.82. The van der Waals surface area contributed by atoms with Gasteiger partial charge in [-0.2, -0.15) is 0 Å². The summed E-state index contributed by atoms with van der Waals surface area (Å²) in [4.78, 5) is 2.74. The van der Waals surface area contributed by atoms with Crippen LogP contribution in [0.2, 0.25) is 0 Å². The second-order valence-corrected chi connectivity index (χ2v) is 6.50. The third-order valence-electron chi connectivity index (χ3n) is 4.79. The van der Waals surface area contributed by atoms with Crippen molar-refractivity contribution in [2.75, 3.05) is 26.2 Å². The molecule has 1 aliphatic heterocycles. The highest BCUT2D eigenvalue weighted by molar-refractivity contribution is 4.84. The summed E-state index contributed by atoms with van der Waals surface area (Å²) < 4.78 is 0. The molecular weight excluding hydrogens is 208 g/mol.